The van der Waals surface area contributed by atoms with Crippen molar-refractivity contribution in [2.45, 2.75) is 25.4 Å². The minimum atomic E-state index is -0.858. The topological polar surface area (TPSA) is 58.6 Å². The van der Waals surface area contributed by atoms with Gasteiger partial charge in [0.2, 0.25) is 0 Å². The van der Waals surface area contributed by atoms with Gasteiger partial charge in [-0.15, -0.1) is 0 Å². The molecule has 0 spiro atoms. The molecule has 1 saturated heterocycles. The Morgan fingerprint density at radius 3 is 2.71 bits per heavy atom. The molecule has 5 nitrogen and oxygen atoms in total. The molecule has 6 heteroatoms. The van der Waals surface area contributed by atoms with Gasteiger partial charge in [-0.1, -0.05) is 0 Å². The van der Waals surface area contributed by atoms with Crippen molar-refractivity contribution in [2.75, 3.05) is 13.1 Å². The molecule has 0 radical (unpaired) electrons. The van der Waals surface area contributed by atoms with E-state index in [0.717, 1.165) is 42.9 Å². The highest BCUT2D eigenvalue weighted by Crippen LogP contribution is 2.26. The average molecular weight is 353 g/mol. The van der Waals surface area contributed by atoms with Gasteiger partial charge in [-0.25, -0.2) is 4.79 Å². The van der Waals surface area contributed by atoms with Crippen LogP contribution in [0.5, 0.6) is 0 Å². The van der Waals surface area contributed by atoms with Gasteiger partial charge in [0.1, 0.15) is 11.5 Å². The number of aromatic carboxylic acids is 1. The number of carboxylic acids is 1. The summed E-state index contributed by atoms with van der Waals surface area (Å²) in [5, 5.41) is 9.19. The lowest BCUT2D eigenvalue weighted by Crippen LogP contribution is -2.34. The zero-order valence-corrected chi connectivity index (χ0v) is 13.1. The summed E-state index contributed by atoms with van der Waals surface area (Å²) < 4.78 is 8.18. The van der Waals surface area contributed by atoms with Crippen molar-refractivity contribution < 1.29 is 14.3 Å². The number of carboxylic acid groups (broad SMARTS) is 1. The van der Waals surface area contributed by atoms with E-state index in [9.17, 15) is 9.90 Å². The second-order valence-corrected chi connectivity index (χ2v) is 6.10. The summed E-state index contributed by atoms with van der Waals surface area (Å²) >= 11 is 3.31. The van der Waals surface area contributed by atoms with Crippen LogP contribution in [0.1, 0.15) is 35.1 Å². The second kappa shape index (κ2) is 6.07. The fraction of sp³-hybridized carbons (Fsp3) is 0.400. The number of halogens is 1. The minimum Gasteiger partial charge on any atom is -0.477 e. The van der Waals surface area contributed by atoms with E-state index < -0.39 is 5.97 Å². The van der Waals surface area contributed by atoms with E-state index in [-0.39, 0.29) is 6.04 Å². The molecule has 1 N–H and O–H groups in total. The Morgan fingerprint density at radius 1 is 1.33 bits per heavy atom. The van der Waals surface area contributed by atoms with Gasteiger partial charge in [0.25, 0.3) is 0 Å². The third-order valence-electron chi connectivity index (χ3n) is 3.96. The molecule has 1 aliphatic heterocycles. The van der Waals surface area contributed by atoms with Crippen LogP contribution in [-0.4, -0.2) is 33.6 Å². The first-order valence-electron chi connectivity index (χ1n) is 7.00. The normalized spacial score (nSPS) is 17.2. The molecule has 2 aromatic heterocycles. The smallest absolute Gasteiger partial charge is 0.352 e. The van der Waals surface area contributed by atoms with Crippen LogP contribution in [-0.2, 0) is 6.54 Å². The summed E-state index contributed by atoms with van der Waals surface area (Å²) in [6, 6.07) is 7.61. The molecular weight excluding hydrogens is 336 g/mol. The Morgan fingerprint density at radius 2 is 2.10 bits per heavy atom. The van der Waals surface area contributed by atoms with Crippen LogP contribution in [0, 0.1) is 0 Å². The number of hydrogen-bond donors (Lipinski definition) is 1. The molecular formula is C15H17BrN2O3. The monoisotopic (exact) mass is 352 g/mol. The highest BCUT2D eigenvalue weighted by molar-refractivity contribution is 9.10. The van der Waals surface area contributed by atoms with E-state index in [4.69, 9.17) is 4.42 Å². The molecule has 0 atom stereocenters. The summed E-state index contributed by atoms with van der Waals surface area (Å²) in [5.41, 5.74) is 0.378. The van der Waals surface area contributed by atoms with E-state index in [1.807, 2.05) is 22.9 Å². The van der Waals surface area contributed by atoms with E-state index in [0.29, 0.717) is 5.69 Å². The average Bonchev–Trinajstić information content (AvgIpc) is 3.09. The number of likely N-dealkylation sites (tertiary alicyclic amines) is 1. The third kappa shape index (κ3) is 3.22. The molecule has 1 fully saturated rings. The largest absolute Gasteiger partial charge is 0.477 e. The maximum atomic E-state index is 11.2. The summed E-state index contributed by atoms with van der Waals surface area (Å²) in [7, 11) is 0. The predicted molar refractivity (Wildman–Crippen MR) is 81.3 cm³/mol. The van der Waals surface area contributed by atoms with Crippen molar-refractivity contribution in [1.29, 1.82) is 0 Å². The molecule has 21 heavy (non-hydrogen) atoms. The first-order valence-corrected chi connectivity index (χ1v) is 7.79. The maximum absolute atomic E-state index is 11.2. The fourth-order valence-corrected chi connectivity index (χ4v) is 3.25. The van der Waals surface area contributed by atoms with Crippen molar-refractivity contribution in [3.63, 3.8) is 0 Å². The molecule has 0 unspecified atom stereocenters. The van der Waals surface area contributed by atoms with E-state index in [2.05, 4.69) is 20.8 Å². The summed E-state index contributed by atoms with van der Waals surface area (Å²) in [4.78, 5) is 13.5. The van der Waals surface area contributed by atoms with Gasteiger partial charge >= 0.3 is 5.97 Å². The molecule has 112 valence electrons. The molecule has 0 amide bonds. The lowest BCUT2D eigenvalue weighted by molar-refractivity contribution is 0.0677. The van der Waals surface area contributed by atoms with Crippen molar-refractivity contribution in [3.8, 4) is 0 Å². The highest BCUT2D eigenvalue weighted by atomic mass is 79.9. The van der Waals surface area contributed by atoms with Gasteiger partial charge in [-0.05, 0) is 53.0 Å². The molecule has 0 bridgehead atoms. The van der Waals surface area contributed by atoms with Gasteiger partial charge in [-0.2, -0.15) is 0 Å². The number of hydrogen-bond acceptors (Lipinski definition) is 3. The standard InChI is InChI=1S/C15H17BrN2O3/c16-14-4-3-12(21-14)10-17-8-5-11(6-9-17)18-7-1-2-13(18)15(19)20/h1-4,7,11H,5-6,8-10H2,(H,19,20). The highest BCUT2D eigenvalue weighted by Gasteiger charge is 2.23. The van der Waals surface area contributed by atoms with E-state index in [1.165, 1.54) is 0 Å². The molecule has 0 aromatic carbocycles. The van der Waals surface area contributed by atoms with Gasteiger partial charge in [0.15, 0.2) is 4.67 Å². The maximum Gasteiger partial charge on any atom is 0.352 e. The molecule has 0 aliphatic carbocycles. The number of nitrogens with zero attached hydrogens (tertiary/aromatic N) is 2. The number of carbonyl (C=O) groups is 1. The van der Waals surface area contributed by atoms with Crippen LogP contribution in [0.25, 0.3) is 0 Å². The van der Waals surface area contributed by atoms with Crippen LogP contribution >= 0.6 is 15.9 Å². The molecule has 3 rings (SSSR count). The van der Waals surface area contributed by atoms with Gasteiger partial charge in [0.05, 0.1) is 6.54 Å². The number of piperidine rings is 1. The number of rotatable bonds is 4. The number of aromatic nitrogens is 1. The Bertz CT molecular complexity index is 626. The summed E-state index contributed by atoms with van der Waals surface area (Å²) in [5.74, 6) is 0.0929. The second-order valence-electron chi connectivity index (χ2n) is 5.32. The third-order valence-corrected chi connectivity index (χ3v) is 4.38. The Hall–Kier alpha value is -1.53. The van der Waals surface area contributed by atoms with Gasteiger partial charge in [-0.3, -0.25) is 4.90 Å². The zero-order chi connectivity index (χ0) is 14.8. The Labute approximate surface area is 131 Å². The van der Waals surface area contributed by atoms with Crippen LogP contribution in [0.15, 0.2) is 39.5 Å². The first-order chi connectivity index (χ1) is 10.1. The number of furan rings is 1. The van der Waals surface area contributed by atoms with Gasteiger partial charge in [0, 0.05) is 25.3 Å². The van der Waals surface area contributed by atoms with Crippen LogP contribution in [0.3, 0.4) is 0 Å². The van der Waals surface area contributed by atoms with E-state index in [1.54, 1.807) is 12.1 Å². The summed E-state index contributed by atoms with van der Waals surface area (Å²) in [6.45, 7) is 2.69. The van der Waals surface area contributed by atoms with Crippen molar-refractivity contribution >= 4 is 21.9 Å². The summed E-state index contributed by atoms with van der Waals surface area (Å²) in [6.07, 6.45) is 3.78. The molecule has 2 aromatic rings. The van der Waals surface area contributed by atoms with Crippen LogP contribution in [0.4, 0.5) is 0 Å². The minimum absolute atomic E-state index is 0.269. The Kier molecular flexibility index (Phi) is 4.17. The fourth-order valence-electron chi connectivity index (χ4n) is 2.91. The van der Waals surface area contributed by atoms with Gasteiger partial charge < -0.3 is 14.1 Å². The molecule has 3 heterocycles. The lowest BCUT2D eigenvalue weighted by atomic mass is 10.0. The van der Waals surface area contributed by atoms with Crippen LogP contribution in [0.2, 0.25) is 0 Å². The van der Waals surface area contributed by atoms with E-state index >= 15 is 0 Å². The quantitative estimate of drug-likeness (QED) is 0.916. The molecule has 0 saturated carbocycles. The lowest BCUT2D eigenvalue weighted by Gasteiger charge is -2.32. The van der Waals surface area contributed by atoms with Crippen molar-refractivity contribution in [1.82, 2.24) is 9.47 Å². The van der Waals surface area contributed by atoms with Crippen molar-refractivity contribution in [2.24, 2.45) is 0 Å². The first kappa shape index (κ1) is 14.4. The zero-order valence-electron chi connectivity index (χ0n) is 11.5. The molecule has 1 aliphatic rings. The predicted octanol–water partition coefficient (Wildman–Crippen LogP) is 3.38. The Balaban J connectivity index is 1.60. The van der Waals surface area contributed by atoms with Crippen LogP contribution < -0.4 is 0 Å². The van der Waals surface area contributed by atoms with Crippen molar-refractivity contribution in [3.05, 3.63) is 46.6 Å². The SMILES string of the molecule is O=C(O)c1cccn1C1CCN(Cc2ccc(Br)o2)CC1.